The van der Waals surface area contributed by atoms with Crippen LogP contribution >= 0.6 is 0 Å². The summed E-state index contributed by atoms with van der Waals surface area (Å²) in [5.41, 5.74) is 0.918. The lowest BCUT2D eigenvalue weighted by Gasteiger charge is -2.31. The van der Waals surface area contributed by atoms with Gasteiger partial charge in [-0.2, -0.15) is 0 Å². The van der Waals surface area contributed by atoms with Gasteiger partial charge < -0.3 is 20.0 Å². The number of nitrogens with one attached hydrogen (secondary N) is 2. The predicted molar refractivity (Wildman–Crippen MR) is 99.7 cm³/mol. The van der Waals surface area contributed by atoms with Gasteiger partial charge in [-0.3, -0.25) is 9.79 Å². The normalized spacial score (nSPS) is 18.6. The summed E-state index contributed by atoms with van der Waals surface area (Å²) in [6.45, 7) is 4.22. The molecule has 2 N–H and O–H groups in total. The highest BCUT2D eigenvalue weighted by molar-refractivity contribution is 5.81. The minimum atomic E-state index is 0.213. The fourth-order valence-corrected chi connectivity index (χ4v) is 3.08. The molecule has 1 aromatic heterocycles. The van der Waals surface area contributed by atoms with Crippen molar-refractivity contribution in [3.05, 3.63) is 36.1 Å². The Morgan fingerprint density at radius 2 is 2.24 bits per heavy atom. The molecule has 2 aromatic rings. The van der Waals surface area contributed by atoms with Crippen molar-refractivity contribution in [2.45, 2.75) is 32.2 Å². The van der Waals surface area contributed by atoms with Gasteiger partial charge in [-0.15, -0.1) is 0 Å². The van der Waals surface area contributed by atoms with Crippen LogP contribution in [0.25, 0.3) is 11.0 Å². The molecule has 1 aromatic carbocycles. The summed E-state index contributed by atoms with van der Waals surface area (Å²) >= 11 is 0. The van der Waals surface area contributed by atoms with Crippen molar-refractivity contribution in [2.24, 2.45) is 4.99 Å². The van der Waals surface area contributed by atoms with Crippen molar-refractivity contribution >= 4 is 22.8 Å². The number of hydrogen-bond acceptors (Lipinski definition) is 3. The van der Waals surface area contributed by atoms with E-state index in [1.54, 1.807) is 4.90 Å². The van der Waals surface area contributed by atoms with Crippen LogP contribution in [0.15, 0.2) is 39.7 Å². The number of carbonyl (C=O) groups excluding carboxylic acids is 1. The Labute approximate surface area is 148 Å². The number of rotatable bonds is 5. The maximum absolute atomic E-state index is 11.6. The molecule has 1 unspecified atom stereocenters. The second-order valence-electron chi connectivity index (χ2n) is 6.42. The molecule has 0 radical (unpaired) electrons. The summed E-state index contributed by atoms with van der Waals surface area (Å²) in [6.07, 6.45) is 2.19. The van der Waals surface area contributed by atoms with Crippen LogP contribution in [-0.2, 0) is 11.2 Å². The first-order valence-electron chi connectivity index (χ1n) is 8.92. The average Bonchev–Trinajstić information content (AvgIpc) is 3.01. The van der Waals surface area contributed by atoms with E-state index in [1.165, 1.54) is 0 Å². The number of hydrogen-bond donors (Lipinski definition) is 2. The van der Waals surface area contributed by atoms with Gasteiger partial charge in [0.25, 0.3) is 0 Å². The highest BCUT2D eigenvalue weighted by atomic mass is 16.3. The van der Waals surface area contributed by atoms with Crippen LogP contribution in [0.2, 0.25) is 0 Å². The molecule has 6 nitrogen and oxygen atoms in total. The fraction of sp³-hybridized carbons (Fsp3) is 0.474. The van der Waals surface area contributed by atoms with Crippen LogP contribution in [-0.4, -0.2) is 49.5 Å². The molecule has 6 heteroatoms. The van der Waals surface area contributed by atoms with Gasteiger partial charge >= 0.3 is 0 Å². The number of likely N-dealkylation sites (N-methyl/N-ethyl adjacent to an activating group) is 1. The second kappa shape index (κ2) is 8.05. The fourth-order valence-electron chi connectivity index (χ4n) is 3.08. The van der Waals surface area contributed by atoms with E-state index < -0.39 is 0 Å². The molecule has 3 rings (SSSR count). The number of nitrogens with zero attached hydrogens (tertiary/aromatic N) is 2. The van der Waals surface area contributed by atoms with E-state index in [0.717, 1.165) is 42.1 Å². The predicted octanol–water partition coefficient (Wildman–Crippen LogP) is 2.15. The lowest BCUT2D eigenvalue weighted by molar-refractivity contribution is -0.132. The minimum Gasteiger partial charge on any atom is -0.461 e. The summed E-state index contributed by atoms with van der Waals surface area (Å²) in [4.78, 5) is 18.0. The molecule has 1 aliphatic rings. The average molecular weight is 342 g/mol. The highest BCUT2D eigenvalue weighted by Crippen LogP contribution is 2.19. The van der Waals surface area contributed by atoms with Crippen LogP contribution in [0, 0.1) is 0 Å². The van der Waals surface area contributed by atoms with Gasteiger partial charge in [0.2, 0.25) is 5.91 Å². The van der Waals surface area contributed by atoms with E-state index in [9.17, 15) is 4.79 Å². The number of fused-ring (bicyclic) bond motifs is 1. The molecule has 1 fully saturated rings. The Balaban J connectivity index is 1.57. The van der Waals surface area contributed by atoms with Crippen molar-refractivity contribution in [1.29, 1.82) is 0 Å². The first-order valence-corrected chi connectivity index (χ1v) is 8.92. The van der Waals surface area contributed by atoms with Gasteiger partial charge in [-0.1, -0.05) is 18.2 Å². The minimum absolute atomic E-state index is 0.213. The number of furan rings is 1. The zero-order chi connectivity index (χ0) is 17.6. The highest BCUT2D eigenvalue weighted by Gasteiger charge is 2.23. The smallest absolute Gasteiger partial charge is 0.222 e. The third-order valence-corrected chi connectivity index (χ3v) is 4.42. The van der Waals surface area contributed by atoms with Gasteiger partial charge in [0.05, 0.1) is 0 Å². The Bertz CT molecular complexity index is 720. The lowest BCUT2D eigenvalue weighted by Crippen LogP contribution is -2.51. The van der Waals surface area contributed by atoms with E-state index in [-0.39, 0.29) is 11.9 Å². The molecular formula is C19H26N4O2. The maximum Gasteiger partial charge on any atom is 0.222 e. The number of guanidine groups is 1. The molecule has 1 amide bonds. The van der Waals surface area contributed by atoms with Gasteiger partial charge in [0.15, 0.2) is 5.96 Å². The standard InChI is InChI=1S/C19H26N4O2/c1-3-20-19(22-15-8-9-18(24)23(2)13-15)21-11-10-16-12-14-6-4-5-7-17(14)25-16/h4-7,12,15H,3,8-11,13H2,1-2H3,(H2,20,21,22). The van der Waals surface area contributed by atoms with Gasteiger partial charge in [0, 0.05) is 51.0 Å². The van der Waals surface area contributed by atoms with Crippen molar-refractivity contribution in [1.82, 2.24) is 15.5 Å². The number of amides is 1. The number of benzene rings is 1. The van der Waals surface area contributed by atoms with Crippen molar-refractivity contribution in [2.75, 3.05) is 26.7 Å². The zero-order valence-corrected chi connectivity index (χ0v) is 14.9. The van der Waals surface area contributed by atoms with Crippen LogP contribution in [0.1, 0.15) is 25.5 Å². The second-order valence-corrected chi connectivity index (χ2v) is 6.42. The first kappa shape index (κ1) is 17.3. The summed E-state index contributed by atoms with van der Waals surface area (Å²) in [5.74, 6) is 1.96. The molecular weight excluding hydrogens is 316 g/mol. The molecule has 134 valence electrons. The zero-order valence-electron chi connectivity index (χ0n) is 14.9. The molecule has 0 aliphatic carbocycles. The maximum atomic E-state index is 11.6. The molecule has 1 aliphatic heterocycles. The van der Waals surface area contributed by atoms with Gasteiger partial charge in [0.1, 0.15) is 11.3 Å². The van der Waals surface area contributed by atoms with Gasteiger partial charge in [-0.05, 0) is 25.5 Å². The Hall–Kier alpha value is -2.50. The quantitative estimate of drug-likeness (QED) is 0.645. The lowest BCUT2D eigenvalue weighted by atomic mass is 10.1. The molecule has 0 saturated carbocycles. The summed E-state index contributed by atoms with van der Waals surface area (Å²) in [7, 11) is 1.85. The Morgan fingerprint density at radius 3 is 3.00 bits per heavy atom. The number of aliphatic imine (C=N–C) groups is 1. The summed E-state index contributed by atoms with van der Waals surface area (Å²) < 4.78 is 5.83. The number of likely N-dealkylation sites (tertiary alicyclic amines) is 1. The molecule has 1 saturated heterocycles. The molecule has 1 atom stereocenters. The van der Waals surface area contributed by atoms with Gasteiger partial charge in [-0.25, -0.2) is 0 Å². The monoisotopic (exact) mass is 342 g/mol. The molecule has 2 heterocycles. The van der Waals surface area contributed by atoms with Crippen molar-refractivity contribution in [3.63, 3.8) is 0 Å². The van der Waals surface area contributed by atoms with E-state index >= 15 is 0 Å². The number of piperidine rings is 1. The summed E-state index contributed by atoms with van der Waals surface area (Å²) in [6, 6.07) is 10.3. The largest absolute Gasteiger partial charge is 0.461 e. The Kier molecular flexibility index (Phi) is 5.58. The number of para-hydroxylation sites is 1. The first-order chi connectivity index (χ1) is 12.2. The van der Waals surface area contributed by atoms with Crippen molar-refractivity contribution < 1.29 is 9.21 Å². The van der Waals surface area contributed by atoms with Crippen LogP contribution < -0.4 is 10.6 Å². The SMILES string of the molecule is CCNC(=NCCc1cc2ccccc2o1)NC1CCC(=O)N(C)C1. The third kappa shape index (κ3) is 4.53. The van der Waals surface area contributed by atoms with Crippen LogP contribution in [0.5, 0.6) is 0 Å². The van der Waals surface area contributed by atoms with E-state index in [4.69, 9.17) is 4.42 Å². The van der Waals surface area contributed by atoms with E-state index in [2.05, 4.69) is 27.8 Å². The number of carbonyl (C=O) groups is 1. The van der Waals surface area contributed by atoms with E-state index in [1.807, 2.05) is 32.2 Å². The molecule has 0 bridgehead atoms. The topological polar surface area (TPSA) is 69.9 Å². The van der Waals surface area contributed by atoms with Crippen LogP contribution in [0.3, 0.4) is 0 Å². The van der Waals surface area contributed by atoms with E-state index in [0.29, 0.717) is 19.5 Å². The molecule has 0 spiro atoms. The third-order valence-electron chi connectivity index (χ3n) is 4.42. The van der Waals surface area contributed by atoms with Crippen molar-refractivity contribution in [3.8, 4) is 0 Å². The Morgan fingerprint density at radius 1 is 1.40 bits per heavy atom. The van der Waals surface area contributed by atoms with Crippen LogP contribution in [0.4, 0.5) is 0 Å². The molecule has 25 heavy (non-hydrogen) atoms. The summed E-state index contributed by atoms with van der Waals surface area (Å²) in [5, 5.41) is 7.84.